The summed E-state index contributed by atoms with van der Waals surface area (Å²) in [6.45, 7) is 2.09. The molecule has 3 aromatic rings. The molecule has 0 aliphatic carbocycles. The third-order valence-corrected chi connectivity index (χ3v) is 9.28. The lowest BCUT2D eigenvalue weighted by atomic mass is 9.86. The number of nitrogens with zero attached hydrogens (tertiary/aromatic N) is 4. The van der Waals surface area contributed by atoms with Crippen LogP contribution in [0.1, 0.15) is 49.1 Å². The van der Waals surface area contributed by atoms with E-state index in [1.54, 1.807) is 12.1 Å². The fourth-order valence-electron chi connectivity index (χ4n) is 6.54. The molecule has 0 radical (unpaired) electrons. The number of nitrogens with one attached hydrogen (secondary N) is 2. The number of nitrogens with two attached hydrogens (primary N) is 1. The van der Waals surface area contributed by atoms with Crippen molar-refractivity contribution in [2.75, 3.05) is 13.1 Å². The molecule has 1 aromatic heterocycles. The van der Waals surface area contributed by atoms with E-state index < -0.39 is 26.7 Å². The molecule has 4 heterocycles. The van der Waals surface area contributed by atoms with Gasteiger partial charge in [-0.05, 0) is 84.3 Å². The Bertz CT molecular complexity index is 1420. The molecule has 3 aliphatic rings. The van der Waals surface area contributed by atoms with Crippen molar-refractivity contribution in [1.29, 1.82) is 0 Å². The Balaban J connectivity index is 1.29. The monoisotopic (exact) mass is 547 g/mol. The number of likely N-dealkylation sites (tertiary alicyclic amines) is 1. The summed E-state index contributed by atoms with van der Waals surface area (Å²) in [5.41, 5.74) is 0.230. The Kier molecular flexibility index (Phi) is 6.29. The van der Waals surface area contributed by atoms with Gasteiger partial charge in [-0.15, -0.1) is 5.10 Å². The summed E-state index contributed by atoms with van der Waals surface area (Å²) >= 11 is 0. The second-order valence-electron chi connectivity index (χ2n) is 10.4. The van der Waals surface area contributed by atoms with Crippen LogP contribution in [0.2, 0.25) is 0 Å². The molecule has 3 unspecified atom stereocenters. The minimum atomic E-state index is -4.95. The Labute approximate surface area is 218 Å². The number of H-pyrrole nitrogens is 1. The van der Waals surface area contributed by atoms with Gasteiger partial charge in [-0.25, -0.2) is 18.7 Å². The minimum absolute atomic E-state index is 0.221. The Hall–Kier alpha value is -2.87. The summed E-state index contributed by atoms with van der Waals surface area (Å²) in [6, 6.07) is 11.4. The second kappa shape index (κ2) is 9.40. The van der Waals surface area contributed by atoms with Gasteiger partial charge in [0.1, 0.15) is 4.90 Å². The highest BCUT2D eigenvalue weighted by Crippen LogP contribution is 2.43. The van der Waals surface area contributed by atoms with Crippen molar-refractivity contribution in [2.24, 2.45) is 5.14 Å². The highest BCUT2D eigenvalue weighted by atomic mass is 32.2. The molecule has 3 atom stereocenters. The predicted octanol–water partition coefficient (Wildman–Crippen LogP) is 3.27. The Morgan fingerprint density at radius 2 is 1.74 bits per heavy atom. The number of sulfonamides is 1. The fraction of sp³-hybridized carbons (Fsp3) is 0.480. The first-order valence-corrected chi connectivity index (χ1v) is 14.3. The van der Waals surface area contributed by atoms with Crippen LogP contribution >= 0.6 is 0 Å². The zero-order valence-electron chi connectivity index (χ0n) is 20.4. The van der Waals surface area contributed by atoms with Crippen molar-refractivity contribution in [3.8, 4) is 22.5 Å². The van der Waals surface area contributed by atoms with Gasteiger partial charge in [-0.3, -0.25) is 4.90 Å². The van der Waals surface area contributed by atoms with Crippen LogP contribution in [0.3, 0.4) is 0 Å². The predicted molar refractivity (Wildman–Crippen MR) is 133 cm³/mol. The number of aromatic amines is 1. The molecule has 4 N–H and O–H groups in total. The average Bonchev–Trinajstić information content (AvgIpc) is 3.66. The topological polar surface area (TPSA) is 130 Å². The SMILES string of the molecule is NS(=O)(=O)c1c(C(F)(F)F)ccc(-c2ccc(C3CCN(C4CC5CCC4N5)CC3)cc2)c1-c1nnn[nH]1. The molecule has 6 rings (SSSR count). The van der Waals surface area contributed by atoms with Crippen LogP contribution in [0.15, 0.2) is 41.3 Å². The third kappa shape index (κ3) is 4.61. The normalized spacial score (nSPS) is 24.8. The molecule has 3 saturated heterocycles. The molecule has 9 nitrogen and oxygen atoms in total. The molecular weight excluding hydrogens is 519 g/mol. The quantitative estimate of drug-likeness (QED) is 0.447. The maximum absolute atomic E-state index is 13.8. The largest absolute Gasteiger partial charge is 0.417 e. The number of hydrogen-bond donors (Lipinski definition) is 3. The fourth-order valence-corrected chi connectivity index (χ4v) is 7.52. The van der Waals surface area contributed by atoms with Gasteiger partial charge < -0.3 is 5.32 Å². The zero-order valence-corrected chi connectivity index (χ0v) is 21.3. The van der Waals surface area contributed by atoms with Gasteiger partial charge in [-0.2, -0.15) is 13.2 Å². The molecule has 0 saturated carbocycles. The van der Waals surface area contributed by atoms with E-state index in [1.807, 2.05) is 12.1 Å². The number of hydrogen-bond acceptors (Lipinski definition) is 7. The summed E-state index contributed by atoms with van der Waals surface area (Å²) < 4.78 is 66.1. The smallest absolute Gasteiger partial charge is 0.310 e. The maximum atomic E-state index is 13.8. The van der Waals surface area contributed by atoms with Gasteiger partial charge >= 0.3 is 6.18 Å². The Morgan fingerprint density at radius 3 is 2.29 bits per heavy atom. The number of benzene rings is 2. The van der Waals surface area contributed by atoms with Crippen molar-refractivity contribution in [3.05, 3.63) is 47.5 Å². The van der Waals surface area contributed by atoms with Gasteiger partial charge in [0.2, 0.25) is 10.0 Å². The summed E-state index contributed by atoms with van der Waals surface area (Å²) in [4.78, 5) is 1.56. The van der Waals surface area contributed by atoms with E-state index in [1.165, 1.54) is 25.3 Å². The van der Waals surface area contributed by atoms with Crippen LogP contribution in [-0.4, -0.2) is 65.2 Å². The maximum Gasteiger partial charge on any atom is 0.417 e. The van der Waals surface area contributed by atoms with E-state index in [2.05, 4.69) is 30.8 Å². The van der Waals surface area contributed by atoms with E-state index in [4.69, 9.17) is 5.14 Å². The lowest BCUT2D eigenvalue weighted by molar-refractivity contribution is -0.139. The van der Waals surface area contributed by atoms with Crippen molar-refractivity contribution >= 4 is 10.0 Å². The summed E-state index contributed by atoms with van der Waals surface area (Å²) in [7, 11) is -4.79. The first kappa shape index (κ1) is 25.4. The first-order chi connectivity index (χ1) is 18.1. The number of fused-ring (bicyclic) bond motifs is 2. The van der Waals surface area contributed by atoms with Crippen LogP contribution < -0.4 is 10.5 Å². The van der Waals surface area contributed by atoms with E-state index in [9.17, 15) is 21.6 Å². The number of alkyl halides is 3. The van der Waals surface area contributed by atoms with E-state index >= 15 is 0 Å². The highest BCUT2D eigenvalue weighted by Gasteiger charge is 2.43. The van der Waals surface area contributed by atoms with Gasteiger partial charge in [0.05, 0.1) is 5.56 Å². The van der Waals surface area contributed by atoms with Crippen molar-refractivity contribution < 1.29 is 21.6 Å². The van der Waals surface area contributed by atoms with Gasteiger partial charge in [0, 0.05) is 23.7 Å². The number of tetrazole rings is 1. The molecule has 3 aliphatic heterocycles. The number of piperidine rings is 1. The van der Waals surface area contributed by atoms with Crippen LogP contribution in [0.25, 0.3) is 22.5 Å². The van der Waals surface area contributed by atoms with Gasteiger partial charge in [0.15, 0.2) is 5.82 Å². The molecule has 0 amide bonds. The third-order valence-electron chi connectivity index (χ3n) is 8.29. The number of halogens is 3. The average molecular weight is 548 g/mol. The number of primary sulfonamides is 1. The molecule has 38 heavy (non-hydrogen) atoms. The molecule has 13 heteroatoms. The summed E-state index contributed by atoms with van der Waals surface area (Å²) in [6.07, 6.45) is 0.919. The van der Waals surface area contributed by atoms with Gasteiger partial charge in [0.25, 0.3) is 0 Å². The minimum Gasteiger partial charge on any atom is -0.310 e. The number of rotatable bonds is 5. The zero-order chi connectivity index (χ0) is 26.7. The molecular formula is C25H28F3N7O2S. The second-order valence-corrected chi connectivity index (χ2v) is 11.9. The van der Waals surface area contributed by atoms with Crippen molar-refractivity contribution in [1.82, 2.24) is 30.8 Å². The van der Waals surface area contributed by atoms with Crippen molar-refractivity contribution in [2.45, 2.75) is 67.2 Å². The van der Waals surface area contributed by atoms with E-state index in [-0.39, 0.29) is 17.0 Å². The molecule has 202 valence electrons. The summed E-state index contributed by atoms with van der Waals surface area (Å²) in [5.74, 6) is 0.166. The van der Waals surface area contributed by atoms with Crippen molar-refractivity contribution in [3.63, 3.8) is 0 Å². The molecule has 2 bridgehead atoms. The van der Waals surface area contributed by atoms with Crippen LogP contribution in [0, 0.1) is 0 Å². The highest BCUT2D eigenvalue weighted by molar-refractivity contribution is 7.89. The van der Waals surface area contributed by atoms with Crippen LogP contribution in [-0.2, 0) is 16.2 Å². The molecule has 2 aromatic carbocycles. The van der Waals surface area contributed by atoms with Crippen LogP contribution in [0.5, 0.6) is 0 Å². The van der Waals surface area contributed by atoms with E-state index in [0.29, 0.717) is 29.6 Å². The first-order valence-electron chi connectivity index (χ1n) is 12.7. The molecule has 3 fully saturated rings. The summed E-state index contributed by atoms with van der Waals surface area (Å²) in [5, 5.41) is 21.9. The molecule has 0 spiro atoms. The lowest BCUT2D eigenvalue weighted by Gasteiger charge is -2.39. The van der Waals surface area contributed by atoms with Crippen LogP contribution in [0.4, 0.5) is 13.2 Å². The lowest BCUT2D eigenvalue weighted by Crippen LogP contribution is -2.46. The Morgan fingerprint density at radius 1 is 1.00 bits per heavy atom. The van der Waals surface area contributed by atoms with Gasteiger partial charge in [-0.1, -0.05) is 30.3 Å². The van der Waals surface area contributed by atoms with E-state index in [0.717, 1.165) is 37.6 Å². The number of aromatic nitrogens is 4. The standard InChI is InChI=1S/C25H28F3N7O2S/c26-25(27,28)19-7-6-18(22(23(19)38(29,36)37)24-31-33-34-32-24)16-3-1-14(2-4-16)15-9-11-35(12-10-15)21-13-17-5-8-20(21)30-17/h1-4,6-7,15,17,20-21,30H,5,8-13H2,(H2,29,36,37)(H,31,32,33,34).